The summed E-state index contributed by atoms with van der Waals surface area (Å²) in [4.78, 5) is 13.8. The first-order valence-corrected chi connectivity index (χ1v) is 7.59. The first kappa shape index (κ1) is 16.8. The topological polar surface area (TPSA) is 59.0 Å². The molecule has 1 aliphatic rings. The molecule has 0 amide bonds. The zero-order valence-corrected chi connectivity index (χ0v) is 13.5. The Morgan fingerprint density at radius 3 is 2.59 bits per heavy atom. The van der Waals surface area contributed by atoms with Gasteiger partial charge in [0.15, 0.2) is 0 Å². The van der Waals surface area contributed by atoms with E-state index in [2.05, 4.69) is 6.92 Å². The maximum absolute atomic E-state index is 11.8. The van der Waals surface area contributed by atoms with Crippen molar-refractivity contribution in [2.24, 2.45) is 5.41 Å². The van der Waals surface area contributed by atoms with E-state index in [0.29, 0.717) is 5.75 Å². The highest BCUT2D eigenvalue weighted by Gasteiger charge is 2.36. The number of carboxylic acids is 1. The van der Waals surface area contributed by atoms with Crippen LogP contribution in [-0.2, 0) is 9.53 Å². The summed E-state index contributed by atoms with van der Waals surface area (Å²) in [5.74, 6) is -0.131. The highest BCUT2D eigenvalue weighted by Crippen LogP contribution is 2.35. The Kier molecular flexibility index (Phi) is 5.42. The van der Waals surface area contributed by atoms with E-state index in [9.17, 15) is 9.90 Å². The SMILES string of the molecule is COCC1(C)CCN(C(C(=O)O)c2cccc(OC)c2)CC1. The second-order valence-corrected chi connectivity index (χ2v) is 6.30. The lowest BCUT2D eigenvalue weighted by atomic mass is 9.80. The lowest BCUT2D eigenvalue weighted by Crippen LogP contribution is -2.44. The summed E-state index contributed by atoms with van der Waals surface area (Å²) in [5, 5.41) is 9.67. The Morgan fingerprint density at radius 1 is 1.36 bits per heavy atom. The normalized spacial score (nSPS) is 19.6. The van der Waals surface area contributed by atoms with Crippen molar-refractivity contribution in [2.75, 3.05) is 33.9 Å². The zero-order chi connectivity index (χ0) is 16.2. The molecule has 1 heterocycles. The van der Waals surface area contributed by atoms with Crippen LogP contribution in [0.1, 0.15) is 31.4 Å². The fraction of sp³-hybridized carbons (Fsp3) is 0.588. The van der Waals surface area contributed by atoms with Crippen molar-refractivity contribution in [2.45, 2.75) is 25.8 Å². The molecule has 122 valence electrons. The minimum Gasteiger partial charge on any atom is -0.497 e. The molecule has 1 aromatic rings. The van der Waals surface area contributed by atoms with Crippen LogP contribution in [0.5, 0.6) is 5.75 Å². The van der Waals surface area contributed by atoms with Crippen molar-refractivity contribution < 1.29 is 19.4 Å². The van der Waals surface area contributed by atoms with Crippen LogP contribution >= 0.6 is 0 Å². The van der Waals surface area contributed by atoms with Gasteiger partial charge in [-0.15, -0.1) is 0 Å². The van der Waals surface area contributed by atoms with Crippen LogP contribution in [0.25, 0.3) is 0 Å². The van der Waals surface area contributed by atoms with Crippen molar-refractivity contribution >= 4 is 5.97 Å². The van der Waals surface area contributed by atoms with E-state index in [4.69, 9.17) is 9.47 Å². The molecule has 0 radical (unpaired) electrons. The Morgan fingerprint density at radius 2 is 2.05 bits per heavy atom. The molecule has 0 spiro atoms. The van der Waals surface area contributed by atoms with Gasteiger partial charge in [0, 0.05) is 7.11 Å². The summed E-state index contributed by atoms with van der Waals surface area (Å²) in [6.45, 7) is 4.44. The van der Waals surface area contributed by atoms with Gasteiger partial charge in [-0.3, -0.25) is 9.69 Å². The van der Waals surface area contributed by atoms with Gasteiger partial charge in [0.1, 0.15) is 11.8 Å². The molecule has 0 saturated carbocycles. The molecule has 0 bridgehead atoms. The van der Waals surface area contributed by atoms with E-state index >= 15 is 0 Å². The largest absolute Gasteiger partial charge is 0.497 e. The van der Waals surface area contributed by atoms with Crippen molar-refractivity contribution in [3.63, 3.8) is 0 Å². The fourth-order valence-electron chi connectivity index (χ4n) is 3.14. The molecule has 22 heavy (non-hydrogen) atoms. The van der Waals surface area contributed by atoms with Gasteiger partial charge in [-0.2, -0.15) is 0 Å². The average Bonchev–Trinajstić information content (AvgIpc) is 2.50. The summed E-state index contributed by atoms with van der Waals surface area (Å²) in [5.41, 5.74) is 0.907. The summed E-state index contributed by atoms with van der Waals surface area (Å²) in [7, 11) is 3.31. The number of rotatable bonds is 6. The zero-order valence-electron chi connectivity index (χ0n) is 13.5. The molecule has 1 saturated heterocycles. The number of hydrogen-bond acceptors (Lipinski definition) is 4. The summed E-state index contributed by atoms with van der Waals surface area (Å²) < 4.78 is 10.5. The molecule has 0 aliphatic carbocycles. The smallest absolute Gasteiger partial charge is 0.325 e. The maximum atomic E-state index is 11.8. The highest BCUT2D eigenvalue weighted by atomic mass is 16.5. The molecular weight excluding hydrogens is 282 g/mol. The number of carbonyl (C=O) groups is 1. The van der Waals surface area contributed by atoms with Crippen LogP contribution in [-0.4, -0.2) is 49.9 Å². The highest BCUT2D eigenvalue weighted by molar-refractivity contribution is 5.75. The molecule has 1 N–H and O–H groups in total. The average molecular weight is 307 g/mol. The quantitative estimate of drug-likeness (QED) is 0.875. The van der Waals surface area contributed by atoms with E-state index in [1.807, 2.05) is 29.2 Å². The van der Waals surface area contributed by atoms with Crippen LogP contribution in [0.3, 0.4) is 0 Å². The fourth-order valence-corrected chi connectivity index (χ4v) is 3.14. The Labute approximate surface area is 131 Å². The molecule has 5 heteroatoms. The Hall–Kier alpha value is -1.59. The maximum Gasteiger partial charge on any atom is 0.325 e. The number of ether oxygens (including phenoxy) is 2. The van der Waals surface area contributed by atoms with Crippen LogP contribution < -0.4 is 4.74 Å². The molecule has 1 atom stereocenters. The molecule has 5 nitrogen and oxygen atoms in total. The van der Waals surface area contributed by atoms with Gasteiger partial charge in [-0.1, -0.05) is 19.1 Å². The molecule has 1 fully saturated rings. The van der Waals surface area contributed by atoms with Gasteiger partial charge in [0.2, 0.25) is 0 Å². The number of methoxy groups -OCH3 is 2. The minimum absolute atomic E-state index is 0.142. The van der Waals surface area contributed by atoms with E-state index in [0.717, 1.165) is 38.1 Å². The third-order valence-electron chi connectivity index (χ3n) is 4.51. The third-order valence-corrected chi connectivity index (χ3v) is 4.51. The number of likely N-dealkylation sites (tertiary alicyclic amines) is 1. The summed E-state index contributed by atoms with van der Waals surface area (Å²) in [6, 6.07) is 6.70. The van der Waals surface area contributed by atoms with Crippen molar-refractivity contribution in [3.05, 3.63) is 29.8 Å². The predicted octanol–water partition coefficient (Wildman–Crippen LogP) is 2.57. The number of carboxylic acid groups (broad SMARTS) is 1. The van der Waals surface area contributed by atoms with Gasteiger partial charge in [-0.05, 0) is 49.0 Å². The van der Waals surface area contributed by atoms with E-state index in [-0.39, 0.29) is 5.41 Å². The van der Waals surface area contributed by atoms with Crippen molar-refractivity contribution in [1.82, 2.24) is 4.90 Å². The Balaban J connectivity index is 2.14. The number of hydrogen-bond donors (Lipinski definition) is 1. The lowest BCUT2D eigenvalue weighted by Gasteiger charge is -2.41. The van der Waals surface area contributed by atoms with Gasteiger partial charge >= 0.3 is 5.97 Å². The van der Waals surface area contributed by atoms with E-state index in [1.165, 1.54) is 0 Å². The molecule has 1 unspecified atom stereocenters. The second-order valence-electron chi connectivity index (χ2n) is 6.30. The van der Waals surface area contributed by atoms with Crippen LogP contribution in [0, 0.1) is 5.41 Å². The van der Waals surface area contributed by atoms with Crippen LogP contribution in [0.15, 0.2) is 24.3 Å². The third kappa shape index (κ3) is 3.78. The summed E-state index contributed by atoms with van der Waals surface area (Å²) >= 11 is 0. The number of nitrogens with zero attached hydrogens (tertiary/aromatic N) is 1. The molecule has 1 aromatic carbocycles. The van der Waals surface area contributed by atoms with E-state index < -0.39 is 12.0 Å². The minimum atomic E-state index is -0.816. The second kappa shape index (κ2) is 7.11. The summed E-state index contributed by atoms with van der Waals surface area (Å²) in [6.07, 6.45) is 1.88. The van der Waals surface area contributed by atoms with Crippen molar-refractivity contribution in [3.8, 4) is 5.75 Å². The standard InChI is InChI=1S/C17H25NO4/c1-17(12-21-2)7-9-18(10-8-17)15(16(19)20)13-5-4-6-14(11-13)22-3/h4-6,11,15H,7-10,12H2,1-3H3,(H,19,20). The number of piperidine rings is 1. The molecule has 0 aromatic heterocycles. The van der Waals surface area contributed by atoms with Gasteiger partial charge < -0.3 is 14.6 Å². The van der Waals surface area contributed by atoms with Gasteiger partial charge in [-0.25, -0.2) is 0 Å². The molecular formula is C17H25NO4. The predicted molar refractivity (Wildman–Crippen MR) is 84.2 cm³/mol. The monoisotopic (exact) mass is 307 g/mol. The number of benzene rings is 1. The van der Waals surface area contributed by atoms with Crippen molar-refractivity contribution in [1.29, 1.82) is 0 Å². The first-order chi connectivity index (χ1) is 10.5. The van der Waals surface area contributed by atoms with Crippen LogP contribution in [0.4, 0.5) is 0 Å². The molecule has 1 aliphatic heterocycles. The van der Waals surface area contributed by atoms with Gasteiger partial charge in [0.25, 0.3) is 0 Å². The lowest BCUT2D eigenvalue weighted by molar-refractivity contribution is -0.144. The first-order valence-electron chi connectivity index (χ1n) is 7.59. The Bertz CT molecular complexity index is 509. The number of aliphatic carboxylic acids is 1. The van der Waals surface area contributed by atoms with Gasteiger partial charge in [0.05, 0.1) is 13.7 Å². The van der Waals surface area contributed by atoms with E-state index in [1.54, 1.807) is 14.2 Å². The van der Waals surface area contributed by atoms with Crippen LogP contribution in [0.2, 0.25) is 0 Å². The molecule has 2 rings (SSSR count).